The Balaban J connectivity index is -0.0000000150. The van der Waals surface area contributed by atoms with Gasteiger partial charge in [0.1, 0.15) is 0 Å². The van der Waals surface area contributed by atoms with E-state index in [-0.39, 0.29) is 53.9 Å². The number of hydrogen-bond donors (Lipinski definition) is 1. The Bertz CT molecular complexity index is 37.9. The summed E-state index contributed by atoms with van der Waals surface area (Å²) in [6.45, 7) is 0. The SMILES string of the molecule is O=[N+]([O-])O.[AlH3].[Cu].[Zn]. The largest absolute Gasteiger partial charge is 0.328 e. The molecule has 4 nitrogen and oxygen atoms in total. The Morgan fingerprint density at radius 1 is 1.57 bits per heavy atom. The van der Waals surface area contributed by atoms with Gasteiger partial charge in [-0.3, -0.25) is 0 Å². The van der Waals surface area contributed by atoms with Crippen molar-refractivity contribution < 1.29 is 46.8 Å². The van der Waals surface area contributed by atoms with Crippen LogP contribution in [0.4, 0.5) is 0 Å². The van der Waals surface area contributed by atoms with Gasteiger partial charge in [0, 0.05) is 36.5 Å². The van der Waals surface area contributed by atoms with Crippen molar-refractivity contribution in [1.82, 2.24) is 0 Å². The number of nitrogens with zero attached hydrogens (tertiary/aromatic N) is 1. The molecule has 7 heteroatoms. The topological polar surface area (TPSA) is 63.4 Å². The fourth-order valence-corrected chi connectivity index (χ4v) is 0. The van der Waals surface area contributed by atoms with E-state index in [0.29, 0.717) is 0 Å². The second kappa shape index (κ2) is 15.8. The summed E-state index contributed by atoms with van der Waals surface area (Å²) in [6.07, 6.45) is 0. The van der Waals surface area contributed by atoms with E-state index in [9.17, 15) is 0 Å². The van der Waals surface area contributed by atoms with Crippen molar-refractivity contribution in [2.24, 2.45) is 0 Å². The molecule has 0 aliphatic heterocycles. The van der Waals surface area contributed by atoms with Gasteiger partial charge in [0.05, 0.1) is 0 Å². The van der Waals surface area contributed by atoms with Gasteiger partial charge in [-0.25, -0.2) is 0 Å². The van der Waals surface area contributed by atoms with Gasteiger partial charge < -0.3 is 5.21 Å². The first kappa shape index (κ1) is 24.8. The second-order valence-corrected chi connectivity index (χ2v) is 0.238. The van der Waals surface area contributed by atoms with E-state index in [1.54, 1.807) is 0 Å². The van der Waals surface area contributed by atoms with Crippen LogP contribution in [0.5, 0.6) is 0 Å². The zero-order valence-electron chi connectivity index (χ0n) is 2.72. The predicted octanol–water partition coefficient (Wildman–Crippen LogP) is -1.54. The van der Waals surface area contributed by atoms with Gasteiger partial charge in [-0.05, 0) is 0 Å². The summed E-state index contributed by atoms with van der Waals surface area (Å²) >= 11 is 0. The van der Waals surface area contributed by atoms with Gasteiger partial charge in [0.15, 0.2) is 17.4 Å². The van der Waals surface area contributed by atoms with Crippen LogP contribution in [0.1, 0.15) is 0 Å². The Morgan fingerprint density at radius 3 is 1.57 bits per heavy atom. The molecule has 43 valence electrons. The quantitative estimate of drug-likeness (QED) is 0.307. The van der Waals surface area contributed by atoms with Crippen LogP contribution in [0, 0.1) is 10.1 Å². The smallest absolute Gasteiger partial charge is 0.291 e. The van der Waals surface area contributed by atoms with E-state index >= 15 is 0 Å². The second-order valence-electron chi connectivity index (χ2n) is 0.238. The first-order valence-electron chi connectivity index (χ1n) is 0.565. The molecule has 0 atom stereocenters. The average molecular weight is 222 g/mol. The zero-order valence-corrected chi connectivity index (χ0v) is 6.63. The van der Waals surface area contributed by atoms with Crippen molar-refractivity contribution in [1.29, 1.82) is 0 Å². The van der Waals surface area contributed by atoms with Crippen molar-refractivity contribution in [3.8, 4) is 0 Å². The van der Waals surface area contributed by atoms with Crippen LogP contribution in [0.2, 0.25) is 0 Å². The molecule has 1 N–H and O–H groups in total. The van der Waals surface area contributed by atoms with Crippen LogP contribution in [0.3, 0.4) is 0 Å². The fraction of sp³-hybridized carbons (Fsp3) is 0. The summed E-state index contributed by atoms with van der Waals surface area (Å²) < 4.78 is 0. The van der Waals surface area contributed by atoms with E-state index in [1.165, 1.54) is 0 Å². The normalized spacial score (nSPS) is 3.43. The maximum absolute atomic E-state index is 8.36. The molecule has 0 heterocycles. The molecule has 0 aliphatic carbocycles. The zero-order chi connectivity index (χ0) is 3.58. The number of hydrogen-bond acceptors (Lipinski definition) is 2. The van der Waals surface area contributed by atoms with Crippen molar-refractivity contribution in [2.45, 2.75) is 0 Å². The van der Waals surface area contributed by atoms with Gasteiger partial charge >= 0.3 is 0 Å². The van der Waals surface area contributed by atoms with Crippen LogP contribution in [-0.2, 0) is 36.5 Å². The maximum Gasteiger partial charge on any atom is 0.291 e. The molecule has 7 heavy (non-hydrogen) atoms. The average Bonchev–Trinajstić information content (AvgIpc) is 0.811. The summed E-state index contributed by atoms with van der Waals surface area (Å²) in [5.41, 5.74) is 0. The molecule has 0 aromatic carbocycles. The van der Waals surface area contributed by atoms with Gasteiger partial charge in [0.2, 0.25) is 0 Å². The summed E-state index contributed by atoms with van der Waals surface area (Å²) in [5, 5.41) is 13.6. The van der Waals surface area contributed by atoms with Gasteiger partial charge in [0.25, 0.3) is 5.09 Å². The molecule has 0 spiro atoms. The maximum atomic E-state index is 8.36. The van der Waals surface area contributed by atoms with Crippen LogP contribution in [-0.4, -0.2) is 27.7 Å². The Hall–Kier alpha value is 0.875. The molecule has 0 unspecified atom stereocenters. The molecule has 0 rings (SSSR count). The van der Waals surface area contributed by atoms with Gasteiger partial charge in [-0.15, -0.1) is 10.1 Å². The van der Waals surface area contributed by atoms with Crippen molar-refractivity contribution in [2.75, 3.05) is 0 Å². The minimum Gasteiger partial charge on any atom is -0.328 e. The van der Waals surface area contributed by atoms with Crippen LogP contribution in [0.25, 0.3) is 0 Å². The standard InChI is InChI=1S/Al.Cu.HNO3.Zn.3H/c;;2-1(3)4;;;;/h;;(H,2,3,4);;;;. The van der Waals surface area contributed by atoms with E-state index < -0.39 is 5.09 Å². The van der Waals surface area contributed by atoms with Crippen molar-refractivity contribution in [3.05, 3.63) is 10.1 Å². The van der Waals surface area contributed by atoms with Gasteiger partial charge in [-0.1, -0.05) is 0 Å². The molecule has 0 amide bonds. The monoisotopic (exact) mass is 220 g/mol. The van der Waals surface area contributed by atoms with Gasteiger partial charge in [-0.2, -0.15) is 0 Å². The Morgan fingerprint density at radius 2 is 1.57 bits per heavy atom. The molecule has 0 bridgehead atoms. The Kier molecular flexibility index (Phi) is 56.0. The molecule has 0 aromatic heterocycles. The minimum atomic E-state index is -1.50. The summed E-state index contributed by atoms with van der Waals surface area (Å²) in [6, 6.07) is 0. The van der Waals surface area contributed by atoms with Crippen LogP contribution < -0.4 is 0 Å². The number of rotatable bonds is 0. The third-order valence-corrected chi connectivity index (χ3v) is 0. The summed E-state index contributed by atoms with van der Waals surface area (Å²) in [7, 11) is 0. The van der Waals surface area contributed by atoms with E-state index in [4.69, 9.17) is 15.3 Å². The first-order chi connectivity index (χ1) is 1.73. The third kappa shape index (κ3) is 213. The van der Waals surface area contributed by atoms with E-state index in [1.807, 2.05) is 0 Å². The summed E-state index contributed by atoms with van der Waals surface area (Å²) in [5.74, 6) is 0. The Labute approximate surface area is 74.1 Å². The van der Waals surface area contributed by atoms with E-state index in [0.717, 1.165) is 0 Å². The van der Waals surface area contributed by atoms with Crippen LogP contribution in [0.15, 0.2) is 0 Å². The molecule has 0 saturated heterocycles. The van der Waals surface area contributed by atoms with Crippen LogP contribution >= 0.6 is 0 Å². The van der Waals surface area contributed by atoms with E-state index in [2.05, 4.69) is 0 Å². The van der Waals surface area contributed by atoms with Crippen molar-refractivity contribution >= 4 is 17.4 Å². The summed E-state index contributed by atoms with van der Waals surface area (Å²) in [4.78, 5) is 8.36. The molecule has 0 fully saturated rings. The first-order valence-corrected chi connectivity index (χ1v) is 0.565. The fourth-order valence-electron chi connectivity index (χ4n) is 0. The van der Waals surface area contributed by atoms with Crippen molar-refractivity contribution in [3.63, 3.8) is 0 Å². The molecular formula is H4AlCuNO3Zn. The third-order valence-electron chi connectivity index (χ3n) is 0. The molecule has 0 aliphatic rings. The molecular weight excluding hydrogens is 218 g/mol. The minimum absolute atomic E-state index is 0. The predicted molar refractivity (Wildman–Crippen MR) is 18.7 cm³/mol. The molecule has 0 saturated carbocycles. The molecule has 1 radical (unpaired) electrons. The molecule has 0 aromatic rings.